The van der Waals surface area contributed by atoms with Gasteiger partial charge in [0.2, 0.25) is 5.95 Å². The molecule has 4 nitrogen and oxygen atoms in total. The SMILES string of the molecule is CNc1ncc(Br)c(NCCc2ccc(Cl)cc2)n1. The van der Waals surface area contributed by atoms with E-state index in [4.69, 9.17) is 11.6 Å². The number of aromatic nitrogens is 2. The number of hydrogen-bond acceptors (Lipinski definition) is 4. The predicted octanol–water partition coefficient (Wildman–Crippen LogP) is 3.59. The Bertz CT molecular complexity index is 545. The zero-order chi connectivity index (χ0) is 13.7. The minimum Gasteiger partial charge on any atom is -0.369 e. The first-order valence-electron chi connectivity index (χ1n) is 5.87. The minimum absolute atomic E-state index is 0.595. The molecule has 2 N–H and O–H groups in total. The molecule has 0 amide bonds. The van der Waals surface area contributed by atoms with Gasteiger partial charge in [-0.3, -0.25) is 0 Å². The second kappa shape index (κ2) is 6.73. The second-order valence-corrected chi connectivity index (χ2v) is 5.23. The summed E-state index contributed by atoms with van der Waals surface area (Å²) >= 11 is 9.27. The van der Waals surface area contributed by atoms with E-state index >= 15 is 0 Å². The van der Waals surface area contributed by atoms with Gasteiger partial charge in [0.15, 0.2) is 0 Å². The number of anilines is 2. The summed E-state index contributed by atoms with van der Waals surface area (Å²) in [6, 6.07) is 7.85. The van der Waals surface area contributed by atoms with Crippen molar-refractivity contribution in [3.05, 3.63) is 45.5 Å². The van der Waals surface area contributed by atoms with Crippen LogP contribution >= 0.6 is 27.5 Å². The third kappa shape index (κ3) is 4.08. The van der Waals surface area contributed by atoms with E-state index in [2.05, 4.69) is 36.5 Å². The van der Waals surface area contributed by atoms with Crippen molar-refractivity contribution in [2.45, 2.75) is 6.42 Å². The molecule has 0 aliphatic carbocycles. The third-order valence-electron chi connectivity index (χ3n) is 2.59. The van der Waals surface area contributed by atoms with E-state index in [1.165, 1.54) is 5.56 Å². The fourth-order valence-electron chi connectivity index (χ4n) is 1.59. The average Bonchev–Trinajstić information content (AvgIpc) is 2.43. The third-order valence-corrected chi connectivity index (χ3v) is 3.42. The molecule has 0 radical (unpaired) electrons. The zero-order valence-electron chi connectivity index (χ0n) is 10.5. The van der Waals surface area contributed by atoms with E-state index in [9.17, 15) is 0 Å². The van der Waals surface area contributed by atoms with Crippen LogP contribution in [0.2, 0.25) is 5.02 Å². The highest BCUT2D eigenvalue weighted by Crippen LogP contribution is 2.20. The summed E-state index contributed by atoms with van der Waals surface area (Å²) in [5.41, 5.74) is 1.23. The predicted molar refractivity (Wildman–Crippen MR) is 82.9 cm³/mol. The Hall–Kier alpha value is -1.33. The summed E-state index contributed by atoms with van der Waals surface area (Å²) in [6.07, 6.45) is 2.63. The van der Waals surface area contributed by atoms with Crippen LogP contribution < -0.4 is 10.6 Å². The van der Waals surface area contributed by atoms with Crippen LogP contribution in [0.4, 0.5) is 11.8 Å². The standard InChI is InChI=1S/C13H14BrClN4/c1-16-13-18-8-11(14)12(19-13)17-7-6-9-2-4-10(15)5-3-9/h2-5,8H,6-7H2,1H3,(H2,16,17,18,19). The van der Waals surface area contributed by atoms with Crippen molar-refractivity contribution < 1.29 is 0 Å². The smallest absolute Gasteiger partial charge is 0.224 e. The van der Waals surface area contributed by atoms with Gasteiger partial charge in [-0.25, -0.2) is 4.98 Å². The van der Waals surface area contributed by atoms with Gasteiger partial charge in [-0.15, -0.1) is 0 Å². The molecule has 2 rings (SSSR count). The van der Waals surface area contributed by atoms with Crippen molar-refractivity contribution in [1.29, 1.82) is 0 Å². The normalized spacial score (nSPS) is 10.3. The lowest BCUT2D eigenvalue weighted by Gasteiger charge is -2.08. The number of hydrogen-bond donors (Lipinski definition) is 2. The van der Waals surface area contributed by atoms with Crippen LogP contribution in [-0.2, 0) is 6.42 Å². The average molecular weight is 342 g/mol. The Kier molecular flexibility index (Phi) is 4.99. The maximum absolute atomic E-state index is 5.85. The van der Waals surface area contributed by atoms with Crippen LogP contribution in [0.15, 0.2) is 34.9 Å². The maximum Gasteiger partial charge on any atom is 0.224 e. The van der Waals surface area contributed by atoms with Crippen molar-refractivity contribution in [1.82, 2.24) is 9.97 Å². The Morgan fingerprint density at radius 1 is 1.26 bits per heavy atom. The van der Waals surface area contributed by atoms with Crippen molar-refractivity contribution in [3.63, 3.8) is 0 Å². The molecule has 19 heavy (non-hydrogen) atoms. The lowest BCUT2D eigenvalue weighted by molar-refractivity contribution is 0.996. The van der Waals surface area contributed by atoms with E-state index in [-0.39, 0.29) is 0 Å². The van der Waals surface area contributed by atoms with Gasteiger partial charge in [-0.1, -0.05) is 23.7 Å². The Morgan fingerprint density at radius 2 is 2.00 bits per heavy atom. The highest BCUT2D eigenvalue weighted by Gasteiger charge is 2.03. The number of nitrogens with one attached hydrogen (secondary N) is 2. The molecule has 0 unspecified atom stereocenters. The highest BCUT2D eigenvalue weighted by atomic mass is 79.9. The van der Waals surface area contributed by atoms with Crippen LogP contribution in [0, 0.1) is 0 Å². The minimum atomic E-state index is 0.595. The first-order chi connectivity index (χ1) is 9.19. The monoisotopic (exact) mass is 340 g/mol. The molecule has 2 aromatic rings. The summed E-state index contributed by atoms with van der Waals surface area (Å²) in [5.74, 6) is 1.38. The van der Waals surface area contributed by atoms with E-state index in [0.717, 1.165) is 28.3 Å². The van der Waals surface area contributed by atoms with E-state index in [0.29, 0.717) is 5.95 Å². The van der Waals surface area contributed by atoms with Gasteiger partial charge >= 0.3 is 0 Å². The van der Waals surface area contributed by atoms with Gasteiger partial charge in [0.05, 0.1) is 4.47 Å². The molecular formula is C13H14BrClN4. The lowest BCUT2D eigenvalue weighted by Crippen LogP contribution is -2.08. The van der Waals surface area contributed by atoms with Gasteiger partial charge in [0, 0.05) is 24.8 Å². The Labute approximate surface area is 125 Å². The molecule has 1 aromatic carbocycles. The fourth-order valence-corrected chi connectivity index (χ4v) is 2.05. The molecule has 0 bridgehead atoms. The molecule has 0 aliphatic rings. The van der Waals surface area contributed by atoms with Crippen LogP contribution in [0.1, 0.15) is 5.56 Å². The van der Waals surface area contributed by atoms with Crippen LogP contribution in [0.5, 0.6) is 0 Å². The molecular weight excluding hydrogens is 328 g/mol. The summed E-state index contributed by atoms with van der Waals surface area (Å²) in [4.78, 5) is 8.44. The van der Waals surface area contributed by atoms with E-state index < -0.39 is 0 Å². The van der Waals surface area contributed by atoms with Crippen LogP contribution in [0.25, 0.3) is 0 Å². The molecule has 0 fully saturated rings. The molecule has 1 heterocycles. The maximum atomic E-state index is 5.85. The lowest BCUT2D eigenvalue weighted by atomic mass is 10.1. The molecule has 1 aromatic heterocycles. The largest absolute Gasteiger partial charge is 0.369 e. The molecule has 0 saturated heterocycles. The van der Waals surface area contributed by atoms with Crippen molar-refractivity contribution in [2.75, 3.05) is 24.2 Å². The molecule has 0 saturated carbocycles. The van der Waals surface area contributed by atoms with Gasteiger partial charge in [0.1, 0.15) is 5.82 Å². The van der Waals surface area contributed by atoms with Crippen molar-refractivity contribution in [3.8, 4) is 0 Å². The highest BCUT2D eigenvalue weighted by molar-refractivity contribution is 9.10. The quantitative estimate of drug-likeness (QED) is 0.872. The molecule has 0 atom stereocenters. The number of halogens is 2. The molecule has 6 heteroatoms. The van der Waals surface area contributed by atoms with Crippen molar-refractivity contribution >= 4 is 39.3 Å². The number of nitrogens with zero attached hydrogens (tertiary/aromatic N) is 2. The Balaban J connectivity index is 1.93. The number of benzene rings is 1. The Morgan fingerprint density at radius 3 is 2.68 bits per heavy atom. The summed E-state index contributed by atoms with van der Waals surface area (Å²) in [6.45, 7) is 0.792. The second-order valence-electron chi connectivity index (χ2n) is 3.94. The van der Waals surface area contributed by atoms with Crippen LogP contribution in [0.3, 0.4) is 0 Å². The molecule has 0 aliphatic heterocycles. The first-order valence-corrected chi connectivity index (χ1v) is 7.05. The summed E-state index contributed by atoms with van der Waals surface area (Å²) < 4.78 is 0.850. The molecule has 100 valence electrons. The fraction of sp³-hybridized carbons (Fsp3) is 0.231. The van der Waals surface area contributed by atoms with E-state index in [1.807, 2.05) is 24.3 Å². The van der Waals surface area contributed by atoms with Gasteiger partial charge in [-0.2, -0.15) is 4.98 Å². The van der Waals surface area contributed by atoms with Crippen LogP contribution in [-0.4, -0.2) is 23.6 Å². The topological polar surface area (TPSA) is 49.8 Å². The summed E-state index contributed by atoms with van der Waals surface area (Å²) in [5, 5.41) is 6.95. The summed E-state index contributed by atoms with van der Waals surface area (Å²) in [7, 11) is 1.79. The molecule has 0 spiro atoms. The van der Waals surface area contributed by atoms with Gasteiger partial charge < -0.3 is 10.6 Å². The zero-order valence-corrected chi connectivity index (χ0v) is 12.8. The van der Waals surface area contributed by atoms with Gasteiger partial charge in [-0.05, 0) is 40.0 Å². The number of rotatable bonds is 5. The van der Waals surface area contributed by atoms with E-state index in [1.54, 1.807) is 13.2 Å². The van der Waals surface area contributed by atoms with Crippen molar-refractivity contribution in [2.24, 2.45) is 0 Å². The first kappa shape index (κ1) is 14.1. The van der Waals surface area contributed by atoms with Gasteiger partial charge in [0.25, 0.3) is 0 Å².